The lowest BCUT2D eigenvalue weighted by atomic mass is 10.3. The topological polar surface area (TPSA) is 61.6 Å². The number of aromatic nitrogens is 1. The fraction of sp³-hybridized carbons (Fsp3) is 0.636. The van der Waals surface area contributed by atoms with Crippen molar-refractivity contribution in [2.75, 3.05) is 20.3 Å². The first-order valence-corrected chi connectivity index (χ1v) is 5.63. The van der Waals surface area contributed by atoms with Crippen molar-refractivity contribution < 1.29 is 31.9 Å². The molecular weight excluding hydrogens is 267 g/mol. The number of carbonyl (C=O) groups excluding carboxylic acids is 1. The third-order valence-corrected chi connectivity index (χ3v) is 2.14. The van der Waals surface area contributed by atoms with Gasteiger partial charge in [0.25, 0.3) is 0 Å². The second-order valence-corrected chi connectivity index (χ2v) is 3.60. The number of hydrogen-bond donors (Lipinski definition) is 0. The maximum Gasteiger partial charge on any atom is 0.437 e. The molecule has 1 rings (SSSR count). The summed E-state index contributed by atoms with van der Waals surface area (Å²) in [6.45, 7) is 1.80. The van der Waals surface area contributed by atoms with Gasteiger partial charge in [-0.3, -0.25) is 0 Å². The van der Waals surface area contributed by atoms with Crippen LogP contribution < -0.4 is 0 Å². The zero-order chi connectivity index (χ0) is 14.5. The Kier molecular flexibility index (Phi) is 5.34. The Morgan fingerprint density at radius 1 is 1.42 bits per heavy atom. The van der Waals surface area contributed by atoms with Crippen molar-refractivity contribution >= 4 is 5.97 Å². The van der Waals surface area contributed by atoms with Crippen molar-refractivity contribution in [3.8, 4) is 0 Å². The summed E-state index contributed by atoms with van der Waals surface area (Å²) in [4.78, 5) is 14.7. The van der Waals surface area contributed by atoms with Crippen molar-refractivity contribution in [1.82, 2.24) is 4.98 Å². The van der Waals surface area contributed by atoms with Crippen LogP contribution in [0, 0.1) is 0 Å². The van der Waals surface area contributed by atoms with E-state index in [0.717, 1.165) is 0 Å². The smallest absolute Gasteiger partial charge is 0.437 e. The van der Waals surface area contributed by atoms with Crippen LogP contribution in [0.15, 0.2) is 4.42 Å². The fourth-order valence-corrected chi connectivity index (χ4v) is 1.37. The van der Waals surface area contributed by atoms with Gasteiger partial charge in [-0.25, -0.2) is 9.78 Å². The number of carbonyl (C=O) groups is 1. The fourth-order valence-electron chi connectivity index (χ4n) is 1.37. The first-order valence-electron chi connectivity index (χ1n) is 5.63. The summed E-state index contributed by atoms with van der Waals surface area (Å²) in [6, 6.07) is 0. The van der Waals surface area contributed by atoms with E-state index < -0.39 is 23.6 Å². The van der Waals surface area contributed by atoms with Crippen LogP contribution in [0.4, 0.5) is 13.2 Å². The van der Waals surface area contributed by atoms with Gasteiger partial charge in [0.2, 0.25) is 5.76 Å². The number of methoxy groups -OCH3 is 1. The van der Waals surface area contributed by atoms with Gasteiger partial charge >= 0.3 is 12.1 Å². The minimum absolute atomic E-state index is 0.0458. The molecule has 0 spiro atoms. The highest BCUT2D eigenvalue weighted by Gasteiger charge is 2.41. The molecule has 0 saturated carbocycles. The molecule has 0 aromatic carbocycles. The SMILES string of the molecule is CCOC(=O)c1oc(CCCOC)nc1C(F)(F)F. The van der Waals surface area contributed by atoms with Crippen LogP contribution in [0.3, 0.4) is 0 Å². The lowest BCUT2D eigenvalue weighted by molar-refractivity contribution is -0.141. The van der Waals surface area contributed by atoms with Crippen LogP contribution in [0.1, 0.15) is 35.5 Å². The number of alkyl halides is 3. The molecule has 0 aliphatic carbocycles. The molecule has 0 unspecified atom stereocenters. The zero-order valence-electron chi connectivity index (χ0n) is 10.5. The molecule has 0 aliphatic heterocycles. The monoisotopic (exact) mass is 281 g/mol. The molecule has 1 aromatic heterocycles. The highest BCUT2D eigenvalue weighted by Crippen LogP contribution is 2.32. The third kappa shape index (κ3) is 4.23. The van der Waals surface area contributed by atoms with Crippen LogP contribution in [0.25, 0.3) is 0 Å². The van der Waals surface area contributed by atoms with Gasteiger partial charge in [-0.2, -0.15) is 13.2 Å². The Bertz CT molecular complexity index is 428. The van der Waals surface area contributed by atoms with E-state index in [4.69, 9.17) is 9.15 Å². The summed E-state index contributed by atoms with van der Waals surface area (Å²) in [5.41, 5.74) is -1.35. The largest absolute Gasteiger partial charge is 0.460 e. The molecule has 19 heavy (non-hydrogen) atoms. The van der Waals surface area contributed by atoms with Gasteiger partial charge in [0.05, 0.1) is 6.61 Å². The molecular formula is C11H14F3NO4. The minimum atomic E-state index is -4.76. The molecule has 0 saturated heterocycles. The first kappa shape index (κ1) is 15.5. The molecule has 0 amide bonds. The van der Waals surface area contributed by atoms with Crippen molar-refractivity contribution in [3.05, 3.63) is 17.3 Å². The number of rotatable bonds is 6. The van der Waals surface area contributed by atoms with E-state index in [1.54, 1.807) is 0 Å². The lowest BCUT2D eigenvalue weighted by Gasteiger charge is -2.03. The number of aryl methyl sites for hydroxylation is 1. The van der Waals surface area contributed by atoms with Crippen LogP contribution >= 0.6 is 0 Å². The third-order valence-electron chi connectivity index (χ3n) is 2.14. The molecule has 0 N–H and O–H groups in total. The molecule has 0 bridgehead atoms. The van der Waals surface area contributed by atoms with E-state index in [1.165, 1.54) is 14.0 Å². The van der Waals surface area contributed by atoms with Crippen LogP contribution in [0.5, 0.6) is 0 Å². The first-order chi connectivity index (χ1) is 8.90. The Balaban J connectivity index is 2.96. The van der Waals surface area contributed by atoms with E-state index in [-0.39, 0.29) is 18.9 Å². The van der Waals surface area contributed by atoms with E-state index in [0.29, 0.717) is 13.0 Å². The molecule has 8 heteroatoms. The minimum Gasteiger partial charge on any atom is -0.460 e. The zero-order valence-corrected chi connectivity index (χ0v) is 10.5. The van der Waals surface area contributed by atoms with E-state index in [1.807, 2.05) is 0 Å². The molecule has 5 nitrogen and oxygen atoms in total. The Labute approximate surface area is 107 Å². The van der Waals surface area contributed by atoms with Crippen molar-refractivity contribution in [2.45, 2.75) is 25.9 Å². The molecule has 0 aliphatic rings. The number of halogens is 3. The van der Waals surface area contributed by atoms with Crippen molar-refractivity contribution in [2.24, 2.45) is 0 Å². The van der Waals surface area contributed by atoms with Gasteiger partial charge < -0.3 is 13.9 Å². The predicted octanol–water partition coefficient (Wildman–Crippen LogP) is 2.45. The molecule has 1 aromatic rings. The van der Waals surface area contributed by atoms with Crippen LogP contribution in [-0.2, 0) is 22.1 Å². The summed E-state index contributed by atoms with van der Waals surface area (Å²) in [5, 5.41) is 0. The summed E-state index contributed by atoms with van der Waals surface area (Å²) in [7, 11) is 1.47. The van der Waals surface area contributed by atoms with Crippen molar-refractivity contribution in [3.63, 3.8) is 0 Å². The Morgan fingerprint density at radius 2 is 2.11 bits per heavy atom. The van der Waals surface area contributed by atoms with E-state index in [2.05, 4.69) is 9.72 Å². The number of hydrogen-bond acceptors (Lipinski definition) is 5. The number of oxazole rings is 1. The van der Waals surface area contributed by atoms with Crippen molar-refractivity contribution in [1.29, 1.82) is 0 Å². The molecule has 0 fully saturated rings. The summed E-state index contributed by atoms with van der Waals surface area (Å²) >= 11 is 0. The maximum absolute atomic E-state index is 12.7. The second-order valence-electron chi connectivity index (χ2n) is 3.60. The summed E-state index contributed by atoms with van der Waals surface area (Å²) in [5.74, 6) is -2.23. The molecule has 1 heterocycles. The van der Waals surface area contributed by atoms with Crippen LogP contribution in [0.2, 0.25) is 0 Å². The highest BCUT2D eigenvalue weighted by atomic mass is 19.4. The van der Waals surface area contributed by atoms with E-state index >= 15 is 0 Å². The van der Waals surface area contributed by atoms with Crippen LogP contribution in [-0.4, -0.2) is 31.3 Å². The second kappa shape index (κ2) is 6.55. The van der Waals surface area contributed by atoms with Gasteiger partial charge in [0.15, 0.2) is 11.6 Å². The predicted molar refractivity (Wildman–Crippen MR) is 57.7 cm³/mol. The lowest BCUT2D eigenvalue weighted by Crippen LogP contribution is -2.14. The number of nitrogens with zero attached hydrogens (tertiary/aromatic N) is 1. The average molecular weight is 281 g/mol. The molecule has 0 radical (unpaired) electrons. The van der Waals surface area contributed by atoms with Gasteiger partial charge in [-0.15, -0.1) is 0 Å². The maximum atomic E-state index is 12.7. The summed E-state index contributed by atoms with van der Waals surface area (Å²) in [6.07, 6.45) is -4.17. The average Bonchev–Trinajstić information content (AvgIpc) is 2.74. The van der Waals surface area contributed by atoms with Gasteiger partial charge in [0.1, 0.15) is 0 Å². The van der Waals surface area contributed by atoms with Gasteiger partial charge in [0, 0.05) is 20.1 Å². The standard InChI is InChI=1S/C11H14F3NO4/c1-3-18-10(16)8-9(11(12,13)14)15-7(19-8)5-4-6-17-2/h3-6H2,1-2H3. The molecule has 108 valence electrons. The number of esters is 1. The summed E-state index contributed by atoms with van der Waals surface area (Å²) < 4.78 is 52.2. The highest BCUT2D eigenvalue weighted by molar-refractivity contribution is 5.87. The van der Waals surface area contributed by atoms with E-state index in [9.17, 15) is 18.0 Å². The normalized spacial score (nSPS) is 11.6. The van der Waals surface area contributed by atoms with Gasteiger partial charge in [-0.05, 0) is 13.3 Å². The Morgan fingerprint density at radius 3 is 2.63 bits per heavy atom. The van der Waals surface area contributed by atoms with Gasteiger partial charge in [-0.1, -0.05) is 0 Å². The quantitative estimate of drug-likeness (QED) is 0.592. The molecule has 0 atom stereocenters. The Hall–Kier alpha value is -1.57. The number of ether oxygens (including phenoxy) is 2.